The van der Waals surface area contributed by atoms with Crippen molar-refractivity contribution < 1.29 is 4.92 Å². The summed E-state index contributed by atoms with van der Waals surface area (Å²) in [5.41, 5.74) is 7.13. The van der Waals surface area contributed by atoms with Crippen molar-refractivity contribution >= 4 is 34.0 Å². The van der Waals surface area contributed by atoms with Crippen LogP contribution in [-0.4, -0.2) is 24.1 Å². The lowest BCUT2D eigenvalue weighted by molar-refractivity contribution is -0.385. The minimum atomic E-state index is -0.347. The number of hydrogen-bond acceptors (Lipinski definition) is 4. The van der Waals surface area contributed by atoms with E-state index >= 15 is 0 Å². The van der Waals surface area contributed by atoms with E-state index in [2.05, 4.69) is 4.90 Å². The monoisotopic (exact) mass is 361 g/mol. The van der Waals surface area contributed by atoms with Crippen LogP contribution in [0.4, 0.5) is 11.4 Å². The van der Waals surface area contributed by atoms with Gasteiger partial charge in [-0.1, -0.05) is 0 Å². The summed E-state index contributed by atoms with van der Waals surface area (Å²) in [6.07, 6.45) is 1.09. The second kappa shape index (κ2) is 5.40. The highest BCUT2D eigenvalue weighted by molar-refractivity contribution is 14.1. The van der Waals surface area contributed by atoms with Crippen LogP contribution in [0, 0.1) is 19.6 Å². The fourth-order valence-electron chi connectivity index (χ4n) is 2.29. The summed E-state index contributed by atoms with van der Waals surface area (Å²) in [4.78, 5) is 12.7. The molecule has 6 heteroatoms. The molecule has 18 heavy (non-hydrogen) atoms. The molecule has 2 atom stereocenters. The first kappa shape index (κ1) is 13.5. The number of nitrogens with two attached hydrogens (primary N) is 1. The zero-order chi connectivity index (χ0) is 13.3. The summed E-state index contributed by atoms with van der Waals surface area (Å²) in [6.45, 7) is 3.94. The van der Waals surface area contributed by atoms with E-state index in [9.17, 15) is 10.1 Å². The first-order valence-corrected chi connectivity index (χ1v) is 7.01. The Balaban J connectivity index is 2.16. The van der Waals surface area contributed by atoms with Gasteiger partial charge < -0.3 is 10.6 Å². The van der Waals surface area contributed by atoms with Crippen LogP contribution in [0.5, 0.6) is 0 Å². The molecule has 1 saturated heterocycles. The minimum Gasteiger partial charge on any atom is -0.371 e. The van der Waals surface area contributed by atoms with E-state index < -0.39 is 0 Å². The highest BCUT2D eigenvalue weighted by Gasteiger charge is 2.26. The third-order valence-electron chi connectivity index (χ3n) is 3.46. The van der Waals surface area contributed by atoms with Crippen molar-refractivity contribution in [2.75, 3.05) is 18.0 Å². The molecule has 98 valence electrons. The molecule has 0 radical (unpaired) electrons. The van der Waals surface area contributed by atoms with Crippen molar-refractivity contribution in [1.82, 2.24) is 0 Å². The van der Waals surface area contributed by atoms with Crippen LogP contribution in [0.3, 0.4) is 0 Å². The van der Waals surface area contributed by atoms with E-state index in [-0.39, 0.29) is 16.7 Å². The lowest BCUT2D eigenvalue weighted by atomic mass is 10.0. The van der Waals surface area contributed by atoms with Gasteiger partial charge in [0.15, 0.2) is 0 Å². The maximum absolute atomic E-state index is 10.8. The number of hydrogen-bond donors (Lipinski definition) is 1. The number of nitro groups is 1. The molecule has 1 aliphatic heterocycles. The first-order chi connectivity index (χ1) is 8.49. The number of benzene rings is 1. The van der Waals surface area contributed by atoms with Crippen molar-refractivity contribution in [2.24, 2.45) is 11.7 Å². The van der Waals surface area contributed by atoms with Crippen molar-refractivity contribution in [3.63, 3.8) is 0 Å². The van der Waals surface area contributed by atoms with Gasteiger partial charge in [-0.2, -0.15) is 0 Å². The van der Waals surface area contributed by atoms with Gasteiger partial charge >= 0.3 is 0 Å². The smallest absolute Gasteiger partial charge is 0.282 e. The van der Waals surface area contributed by atoms with Crippen molar-refractivity contribution in [3.8, 4) is 0 Å². The fourth-order valence-corrected chi connectivity index (χ4v) is 2.99. The van der Waals surface area contributed by atoms with Crippen LogP contribution in [0.2, 0.25) is 0 Å². The third-order valence-corrected chi connectivity index (χ3v) is 4.33. The van der Waals surface area contributed by atoms with E-state index in [0.717, 1.165) is 25.2 Å². The lowest BCUT2D eigenvalue weighted by Crippen LogP contribution is -2.29. The van der Waals surface area contributed by atoms with Crippen LogP contribution in [0.15, 0.2) is 18.2 Å². The molecule has 0 saturated carbocycles. The molecule has 1 aromatic rings. The molecule has 2 rings (SSSR count). The Bertz CT molecular complexity index is 465. The average Bonchev–Trinajstić information content (AvgIpc) is 2.77. The van der Waals surface area contributed by atoms with E-state index in [0.29, 0.717) is 9.49 Å². The Morgan fingerprint density at radius 3 is 2.83 bits per heavy atom. The fraction of sp³-hybridized carbons (Fsp3) is 0.500. The molecule has 0 aliphatic carbocycles. The van der Waals surface area contributed by atoms with Crippen LogP contribution >= 0.6 is 22.6 Å². The Morgan fingerprint density at radius 1 is 1.61 bits per heavy atom. The molecule has 1 aliphatic rings. The summed E-state index contributed by atoms with van der Waals surface area (Å²) in [7, 11) is 0. The maximum Gasteiger partial charge on any atom is 0.282 e. The maximum atomic E-state index is 10.8. The van der Waals surface area contributed by atoms with Crippen molar-refractivity contribution in [3.05, 3.63) is 31.9 Å². The standard InChI is InChI=1S/C12H16IN3O2/c1-8(14)9-4-5-15(7-9)10-2-3-12(16(17)18)11(13)6-10/h2-3,6,8-9H,4-5,7,14H2,1H3. The molecule has 1 aromatic carbocycles. The van der Waals surface area contributed by atoms with Gasteiger partial charge in [0.05, 0.1) is 8.49 Å². The number of nitrogens with zero attached hydrogens (tertiary/aromatic N) is 2. The Morgan fingerprint density at radius 2 is 2.33 bits per heavy atom. The van der Waals surface area contributed by atoms with E-state index in [4.69, 9.17) is 5.73 Å². The van der Waals surface area contributed by atoms with E-state index in [1.165, 1.54) is 0 Å². The largest absolute Gasteiger partial charge is 0.371 e. The quantitative estimate of drug-likeness (QED) is 0.510. The molecule has 2 unspecified atom stereocenters. The topological polar surface area (TPSA) is 72.4 Å². The second-order valence-electron chi connectivity index (χ2n) is 4.75. The van der Waals surface area contributed by atoms with Gasteiger partial charge in [-0.15, -0.1) is 0 Å². The number of anilines is 1. The van der Waals surface area contributed by atoms with Crippen LogP contribution in [0.25, 0.3) is 0 Å². The number of halogens is 1. The number of nitro benzene ring substituents is 1. The summed E-state index contributed by atoms with van der Waals surface area (Å²) < 4.78 is 0.680. The summed E-state index contributed by atoms with van der Waals surface area (Å²) in [6, 6.07) is 5.48. The molecular weight excluding hydrogens is 345 g/mol. The highest BCUT2D eigenvalue weighted by atomic mass is 127. The number of rotatable bonds is 3. The Kier molecular flexibility index (Phi) is 4.06. The van der Waals surface area contributed by atoms with Crippen molar-refractivity contribution in [2.45, 2.75) is 19.4 Å². The molecule has 5 nitrogen and oxygen atoms in total. The Hall–Kier alpha value is -0.890. The van der Waals surface area contributed by atoms with Crippen LogP contribution in [0.1, 0.15) is 13.3 Å². The van der Waals surface area contributed by atoms with Gasteiger partial charge in [0.25, 0.3) is 5.69 Å². The average molecular weight is 361 g/mol. The van der Waals surface area contributed by atoms with Gasteiger partial charge in [0.2, 0.25) is 0 Å². The normalized spacial score (nSPS) is 21.1. The highest BCUT2D eigenvalue weighted by Crippen LogP contribution is 2.30. The van der Waals surface area contributed by atoms with Gasteiger partial charge in [-0.05, 0) is 54.0 Å². The molecule has 0 spiro atoms. The molecule has 0 aromatic heterocycles. The molecule has 1 heterocycles. The molecule has 2 N–H and O–H groups in total. The molecule has 0 amide bonds. The predicted octanol–water partition coefficient (Wildman–Crippen LogP) is 2.37. The molecular formula is C12H16IN3O2. The first-order valence-electron chi connectivity index (χ1n) is 5.93. The summed E-state index contributed by atoms with van der Waals surface area (Å²) in [5, 5.41) is 10.8. The van der Waals surface area contributed by atoms with E-state index in [1.54, 1.807) is 6.07 Å². The minimum absolute atomic E-state index is 0.169. The van der Waals surface area contributed by atoms with Gasteiger partial charge in [0.1, 0.15) is 0 Å². The van der Waals surface area contributed by atoms with E-state index in [1.807, 2.05) is 41.6 Å². The Labute approximate surface area is 120 Å². The zero-order valence-corrected chi connectivity index (χ0v) is 12.3. The SMILES string of the molecule is CC(N)C1CCN(c2ccc([N+](=O)[O-])c(I)c2)C1. The molecule has 1 fully saturated rings. The second-order valence-corrected chi connectivity index (χ2v) is 5.91. The van der Waals surface area contributed by atoms with Gasteiger partial charge in [-0.3, -0.25) is 10.1 Å². The van der Waals surface area contributed by atoms with Gasteiger partial charge in [-0.25, -0.2) is 0 Å². The summed E-state index contributed by atoms with van der Waals surface area (Å²) in [5.74, 6) is 0.512. The van der Waals surface area contributed by atoms with Gasteiger partial charge in [0, 0.05) is 30.9 Å². The van der Waals surface area contributed by atoms with Crippen LogP contribution in [-0.2, 0) is 0 Å². The lowest BCUT2D eigenvalue weighted by Gasteiger charge is -2.20. The summed E-state index contributed by atoms with van der Waals surface area (Å²) >= 11 is 2.01. The van der Waals surface area contributed by atoms with Crippen LogP contribution < -0.4 is 10.6 Å². The zero-order valence-electron chi connectivity index (χ0n) is 10.2. The predicted molar refractivity (Wildman–Crippen MR) is 79.8 cm³/mol. The third kappa shape index (κ3) is 2.74. The molecule has 0 bridgehead atoms. The van der Waals surface area contributed by atoms with Crippen molar-refractivity contribution in [1.29, 1.82) is 0 Å².